The molecule has 6 heteroatoms. The molecule has 1 aliphatic heterocycles. The van der Waals surface area contributed by atoms with Crippen LogP contribution in [0.25, 0.3) is 22.4 Å². The van der Waals surface area contributed by atoms with E-state index < -0.39 is 0 Å². The van der Waals surface area contributed by atoms with E-state index in [9.17, 15) is 4.79 Å². The van der Waals surface area contributed by atoms with E-state index in [1.54, 1.807) is 0 Å². The highest BCUT2D eigenvalue weighted by atomic mass is 32.2. The molecule has 1 atom stereocenters. The molecule has 0 saturated carbocycles. The van der Waals surface area contributed by atoms with Crippen molar-refractivity contribution in [1.29, 1.82) is 0 Å². The normalized spacial score (nSPS) is 17.2. The highest BCUT2D eigenvalue weighted by Gasteiger charge is 2.23. The number of nitrogens with one attached hydrogen (secondary N) is 1. The van der Waals surface area contributed by atoms with Crippen molar-refractivity contribution in [2.24, 2.45) is 0 Å². The van der Waals surface area contributed by atoms with Gasteiger partial charge >= 0.3 is 0 Å². The van der Waals surface area contributed by atoms with Crippen molar-refractivity contribution in [3.63, 3.8) is 0 Å². The van der Waals surface area contributed by atoms with Crippen molar-refractivity contribution in [2.75, 3.05) is 12.3 Å². The number of rotatable bonds is 4. The predicted molar refractivity (Wildman–Crippen MR) is 115 cm³/mol. The van der Waals surface area contributed by atoms with Crippen LogP contribution in [-0.2, 0) is 4.79 Å². The quantitative estimate of drug-likeness (QED) is 0.650. The average molecular weight is 395 g/mol. The summed E-state index contributed by atoms with van der Waals surface area (Å²) in [6.45, 7) is 7.24. The molecule has 3 aromatic rings. The van der Waals surface area contributed by atoms with Crippen LogP contribution < -0.4 is 0 Å². The van der Waals surface area contributed by atoms with E-state index in [0.29, 0.717) is 11.8 Å². The van der Waals surface area contributed by atoms with Gasteiger partial charge in [0.2, 0.25) is 5.91 Å². The van der Waals surface area contributed by atoms with Gasteiger partial charge in [0.05, 0.1) is 21.8 Å². The first-order valence-corrected chi connectivity index (χ1v) is 10.9. The largest absolute Gasteiger partial charge is 0.339 e. The van der Waals surface area contributed by atoms with Gasteiger partial charge < -0.3 is 9.88 Å². The summed E-state index contributed by atoms with van der Waals surface area (Å²) < 4.78 is 0. The van der Waals surface area contributed by atoms with Crippen LogP contribution in [0.5, 0.6) is 0 Å². The summed E-state index contributed by atoms with van der Waals surface area (Å²) in [5, 5.41) is 0.865. The zero-order chi connectivity index (χ0) is 19.7. The van der Waals surface area contributed by atoms with Crippen LogP contribution in [-0.4, -0.2) is 44.1 Å². The Morgan fingerprint density at radius 1 is 1.25 bits per heavy atom. The van der Waals surface area contributed by atoms with Crippen LogP contribution in [0.3, 0.4) is 0 Å². The molecule has 2 aromatic heterocycles. The first kappa shape index (κ1) is 19.0. The number of aromatic nitrogens is 3. The molecule has 0 aliphatic carbocycles. The number of aryl methyl sites for hydroxylation is 2. The van der Waals surface area contributed by atoms with Crippen molar-refractivity contribution < 1.29 is 4.79 Å². The zero-order valence-corrected chi connectivity index (χ0v) is 17.5. The number of likely N-dealkylation sites (tertiary alicyclic amines) is 1. The van der Waals surface area contributed by atoms with E-state index in [2.05, 4.69) is 42.9 Å². The summed E-state index contributed by atoms with van der Waals surface area (Å²) in [5.74, 6) is 1.48. The molecular formula is C22H26N4OS. The van der Waals surface area contributed by atoms with Gasteiger partial charge in [0.15, 0.2) is 0 Å². The van der Waals surface area contributed by atoms with Crippen LogP contribution in [0.4, 0.5) is 0 Å². The number of carbonyl (C=O) groups is 1. The van der Waals surface area contributed by atoms with Crippen molar-refractivity contribution in [2.45, 2.75) is 51.1 Å². The lowest BCUT2D eigenvalue weighted by molar-refractivity contribution is -0.131. The van der Waals surface area contributed by atoms with Gasteiger partial charge in [-0.25, -0.2) is 9.97 Å². The lowest BCUT2D eigenvalue weighted by Gasteiger charge is -2.33. The van der Waals surface area contributed by atoms with Crippen molar-refractivity contribution >= 4 is 28.7 Å². The number of carbonyl (C=O) groups excluding carboxylic acids is 1. The Morgan fingerprint density at radius 2 is 2.07 bits per heavy atom. The topological polar surface area (TPSA) is 61.9 Å². The Labute approximate surface area is 170 Å². The van der Waals surface area contributed by atoms with Crippen molar-refractivity contribution in [3.05, 3.63) is 41.6 Å². The number of piperidine rings is 1. The molecule has 1 aliphatic rings. The maximum Gasteiger partial charge on any atom is 0.233 e. The third-order valence-corrected chi connectivity index (χ3v) is 6.50. The van der Waals surface area contributed by atoms with Crippen molar-refractivity contribution in [1.82, 2.24) is 19.9 Å². The number of benzene rings is 1. The molecule has 28 heavy (non-hydrogen) atoms. The lowest BCUT2D eigenvalue weighted by atomic mass is 10.0. The van der Waals surface area contributed by atoms with Gasteiger partial charge in [-0.3, -0.25) is 4.79 Å². The van der Waals surface area contributed by atoms with Crippen LogP contribution in [0.1, 0.15) is 37.3 Å². The van der Waals surface area contributed by atoms with Gasteiger partial charge in [-0.2, -0.15) is 0 Å². The molecule has 0 bridgehead atoms. The molecule has 146 valence electrons. The molecular weight excluding hydrogens is 368 g/mol. The highest BCUT2D eigenvalue weighted by Crippen LogP contribution is 2.25. The molecule has 3 heterocycles. The van der Waals surface area contributed by atoms with E-state index in [1.807, 2.05) is 23.2 Å². The predicted octanol–water partition coefficient (Wildman–Crippen LogP) is 4.73. The molecule has 4 rings (SSSR count). The van der Waals surface area contributed by atoms with Gasteiger partial charge in [0.1, 0.15) is 5.82 Å². The first-order valence-electron chi connectivity index (χ1n) is 9.87. The fraction of sp³-hybridized carbons (Fsp3) is 0.409. The maximum absolute atomic E-state index is 12.5. The minimum absolute atomic E-state index is 0.214. The molecule has 1 amide bonds. The monoisotopic (exact) mass is 394 g/mol. The molecule has 0 spiro atoms. The number of pyridine rings is 1. The molecule has 0 unspecified atom stereocenters. The summed E-state index contributed by atoms with van der Waals surface area (Å²) in [5.41, 5.74) is 5.45. The number of nitrogens with zero attached hydrogens (tertiary/aromatic N) is 3. The molecule has 5 nitrogen and oxygen atoms in total. The van der Waals surface area contributed by atoms with Gasteiger partial charge in [0, 0.05) is 24.3 Å². The van der Waals surface area contributed by atoms with Crippen LogP contribution in [0.2, 0.25) is 0 Å². The Balaban J connectivity index is 1.43. The summed E-state index contributed by atoms with van der Waals surface area (Å²) in [6, 6.07) is 8.58. The number of hydrogen-bond acceptors (Lipinski definition) is 4. The second-order valence-electron chi connectivity index (χ2n) is 7.64. The zero-order valence-electron chi connectivity index (χ0n) is 16.7. The second kappa shape index (κ2) is 7.95. The Bertz CT molecular complexity index is 957. The molecule has 0 radical (unpaired) electrons. The van der Waals surface area contributed by atoms with Gasteiger partial charge in [-0.05, 0) is 75.4 Å². The van der Waals surface area contributed by atoms with Crippen molar-refractivity contribution in [3.8, 4) is 11.4 Å². The van der Waals surface area contributed by atoms with E-state index in [1.165, 1.54) is 29.3 Å². The average Bonchev–Trinajstić information content (AvgIpc) is 3.10. The SMILES string of the molecule is Cc1cc2nc(-c3ccc(SCC(=O)N4CCCC[C@H]4C)nc3)[nH]c2cc1C. The minimum Gasteiger partial charge on any atom is -0.339 e. The number of H-pyrrole nitrogens is 1. The molecule has 1 saturated heterocycles. The number of amides is 1. The van der Waals surface area contributed by atoms with Gasteiger partial charge in [0.25, 0.3) is 0 Å². The Hall–Kier alpha value is -2.34. The summed E-state index contributed by atoms with van der Waals surface area (Å²) in [6.07, 6.45) is 5.28. The second-order valence-corrected chi connectivity index (χ2v) is 8.64. The Morgan fingerprint density at radius 3 is 2.82 bits per heavy atom. The molecule has 1 fully saturated rings. The number of thioether (sulfide) groups is 1. The third-order valence-electron chi connectivity index (χ3n) is 5.57. The first-order chi connectivity index (χ1) is 13.5. The number of imidazole rings is 1. The lowest BCUT2D eigenvalue weighted by Crippen LogP contribution is -2.42. The van der Waals surface area contributed by atoms with Crippen LogP contribution in [0.15, 0.2) is 35.5 Å². The smallest absolute Gasteiger partial charge is 0.233 e. The number of aromatic amines is 1. The standard InChI is InChI=1S/C22H26N4OS/c1-14-10-18-19(11-15(14)2)25-22(24-18)17-7-8-20(23-12-17)28-13-21(27)26-9-5-4-6-16(26)3/h7-8,10-12,16H,4-6,9,13H2,1-3H3,(H,24,25)/t16-/m1/s1. The summed E-state index contributed by atoms with van der Waals surface area (Å²) in [7, 11) is 0. The highest BCUT2D eigenvalue weighted by molar-refractivity contribution is 7.99. The van der Waals surface area contributed by atoms with Gasteiger partial charge in [-0.15, -0.1) is 0 Å². The maximum atomic E-state index is 12.5. The fourth-order valence-electron chi connectivity index (χ4n) is 3.70. The number of fused-ring (bicyclic) bond motifs is 1. The minimum atomic E-state index is 0.214. The summed E-state index contributed by atoms with van der Waals surface area (Å²) in [4.78, 5) is 27.1. The van der Waals surface area contributed by atoms with Gasteiger partial charge in [-0.1, -0.05) is 11.8 Å². The fourth-order valence-corrected chi connectivity index (χ4v) is 4.43. The van der Waals surface area contributed by atoms with Crippen LogP contribution in [0, 0.1) is 13.8 Å². The molecule has 1 aromatic carbocycles. The van der Waals surface area contributed by atoms with E-state index >= 15 is 0 Å². The third kappa shape index (κ3) is 3.92. The number of hydrogen-bond donors (Lipinski definition) is 1. The summed E-state index contributed by atoms with van der Waals surface area (Å²) >= 11 is 1.50. The van der Waals surface area contributed by atoms with E-state index in [-0.39, 0.29) is 5.91 Å². The van der Waals surface area contributed by atoms with E-state index in [4.69, 9.17) is 4.98 Å². The van der Waals surface area contributed by atoms with E-state index in [0.717, 1.165) is 46.8 Å². The Kier molecular flexibility index (Phi) is 5.40. The van der Waals surface area contributed by atoms with Crippen LogP contribution >= 0.6 is 11.8 Å². The molecule has 1 N–H and O–H groups in total.